The third-order valence-electron chi connectivity index (χ3n) is 14.7. The predicted octanol–water partition coefficient (Wildman–Crippen LogP) is 22.9. The second-order valence-corrected chi connectivity index (χ2v) is 22.4. The van der Waals surface area contributed by atoms with Crippen molar-refractivity contribution in [3.05, 3.63) is 72.9 Å². The Balaban J connectivity index is 4.30. The summed E-state index contributed by atoms with van der Waals surface area (Å²) >= 11 is 0. The highest BCUT2D eigenvalue weighted by atomic mass is 16.6. The Morgan fingerprint density at radius 1 is 0.273 bits per heavy atom. The normalized spacial score (nSPS) is 12.5. The molecule has 0 radical (unpaired) electrons. The molecule has 6 heteroatoms. The summed E-state index contributed by atoms with van der Waals surface area (Å²) in [4.78, 5) is 38.4. The zero-order valence-corrected chi connectivity index (χ0v) is 51.2. The number of hydrogen-bond acceptors (Lipinski definition) is 6. The van der Waals surface area contributed by atoms with E-state index in [0.29, 0.717) is 19.3 Å². The van der Waals surface area contributed by atoms with Crippen molar-refractivity contribution < 1.29 is 28.6 Å². The van der Waals surface area contributed by atoms with Crippen LogP contribution < -0.4 is 0 Å². The van der Waals surface area contributed by atoms with Gasteiger partial charge in [-0.25, -0.2) is 0 Å². The number of unbranched alkanes of at least 4 members (excludes halogenated alkanes) is 38. The summed E-state index contributed by atoms with van der Waals surface area (Å²) in [7, 11) is 0. The molecule has 446 valence electrons. The van der Waals surface area contributed by atoms with Gasteiger partial charge in [0, 0.05) is 19.3 Å². The fourth-order valence-electron chi connectivity index (χ4n) is 9.70. The highest BCUT2D eigenvalue weighted by Gasteiger charge is 2.19. The monoisotopic (exact) mass is 1070 g/mol. The van der Waals surface area contributed by atoms with E-state index in [4.69, 9.17) is 14.2 Å². The Hall–Kier alpha value is -3.15. The third-order valence-corrected chi connectivity index (χ3v) is 14.7. The van der Waals surface area contributed by atoms with Gasteiger partial charge in [0.25, 0.3) is 0 Å². The average Bonchev–Trinajstić information content (AvgIpc) is 3.43. The van der Waals surface area contributed by atoms with Gasteiger partial charge in [-0.2, -0.15) is 0 Å². The number of carbonyl (C=O) groups excluding carboxylic acids is 3. The highest BCUT2D eigenvalue weighted by Crippen LogP contribution is 2.17. The first-order valence-corrected chi connectivity index (χ1v) is 33.4. The van der Waals surface area contributed by atoms with Crippen molar-refractivity contribution in [2.75, 3.05) is 13.2 Å². The van der Waals surface area contributed by atoms with Crippen LogP contribution in [0.3, 0.4) is 0 Å². The molecule has 0 aliphatic rings. The number of ether oxygens (including phenoxy) is 3. The number of esters is 3. The Morgan fingerprint density at radius 2 is 0.506 bits per heavy atom. The van der Waals surface area contributed by atoms with E-state index in [1.54, 1.807) is 0 Å². The molecule has 1 unspecified atom stereocenters. The van der Waals surface area contributed by atoms with E-state index in [2.05, 4.69) is 93.7 Å². The van der Waals surface area contributed by atoms with Gasteiger partial charge in [0.05, 0.1) is 0 Å². The minimum absolute atomic E-state index is 0.0779. The van der Waals surface area contributed by atoms with Crippen LogP contribution in [0.1, 0.15) is 342 Å². The molecule has 0 rings (SSSR count). The van der Waals surface area contributed by atoms with Crippen molar-refractivity contribution in [1.29, 1.82) is 0 Å². The van der Waals surface area contributed by atoms with E-state index in [1.807, 2.05) is 0 Å². The van der Waals surface area contributed by atoms with E-state index < -0.39 is 6.10 Å². The van der Waals surface area contributed by atoms with Crippen molar-refractivity contribution in [3.8, 4) is 0 Å². The molecule has 1 atom stereocenters. The number of rotatable bonds is 61. The maximum Gasteiger partial charge on any atom is 0.306 e. The van der Waals surface area contributed by atoms with E-state index in [0.717, 1.165) is 103 Å². The van der Waals surface area contributed by atoms with Gasteiger partial charge in [-0.1, -0.05) is 306 Å². The summed E-state index contributed by atoms with van der Waals surface area (Å²) in [5.74, 6) is -0.873. The summed E-state index contributed by atoms with van der Waals surface area (Å²) < 4.78 is 17.0. The summed E-state index contributed by atoms with van der Waals surface area (Å²) in [6.07, 6.45) is 84.8. The van der Waals surface area contributed by atoms with E-state index in [9.17, 15) is 14.4 Å². The molecule has 0 aromatic rings. The molecular formula is C71H126O6. The van der Waals surface area contributed by atoms with Crippen LogP contribution in [0.25, 0.3) is 0 Å². The largest absolute Gasteiger partial charge is 0.462 e. The minimum Gasteiger partial charge on any atom is -0.462 e. The van der Waals surface area contributed by atoms with Crippen LogP contribution in [0.2, 0.25) is 0 Å². The van der Waals surface area contributed by atoms with Crippen molar-refractivity contribution >= 4 is 17.9 Å². The van der Waals surface area contributed by atoms with Crippen LogP contribution in [-0.4, -0.2) is 37.2 Å². The summed E-state index contributed by atoms with van der Waals surface area (Å²) in [5, 5.41) is 0. The molecule has 0 bridgehead atoms. The Kier molecular flexibility index (Phi) is 62.7. The molecule has 0 N–H and O–H groups in total. The standard InChI is InChI=1S/C71H126O6/c1-4-7-10-13-16-19-22-25-27-29-31-33-34-35-36-38-39-41-43-46-49-52-55-58-61-64-70(73)76-67-68(66-75-69(72)63-60-57-54-51-48-45-24-21-18-15-12-9-6-3)77-71(74)65-62-59-56-53-50-47-44-42-40-37-32-30-28-26-23-20-17-14-11-8-5-2/h7,10,16,19,21,24-25,27,31,33,35-36,68H,4-6,8-9,11-15,17-18,20,22-23,26,28-30,32,34,37-67H2,1-3H3/b10-7-,19-16-,24-21-,27-25-,33-31-,36-35-. The molecule has 0 amide bonds. The Morgan fingerprint density at radius 3 is 0.818 bits per heavy atom. The molecule has 0 saturated heterocycles. The van der Waals surface area contributed by atoms with Gasteiger partial charge in [0.2, 0.25) is 0 Å². The van der Waals surface area contributed by atoms with Gasteiger partial charge in [-0.15, -0.1) is 0 Å². The SMILES string of the molecule is CC/C=C\C/C=C\C/C=C\C/C=C\C/C=C\CCCCCCCCCCCC(=O)OCC(COC(=O)CCCCCCC/C=C\CCCCCC)OC(=O)CCCCCCCCCCCCCCCCCCCCCCC. The molecule has 6 nitrogen and oxygen atoms in total. The minimum atomic E-state index is -0.780. The maximum atomic E-state index is 12.9. The molecule has 0 fully saturated rings. The van der Waals surface area contributed by atoms with Crippen LogP contribution >= 0.6 is 0 Å². The fraction of sp³-hybridized carbons (Fsp3) is 0.789. The second-order valence-electron chi connectivity index (χ2n) is 22.4. The first kappa shape index (κ1) is 73.8. The summed E-state index contributed by atoms with van der Waals surface area (Å²) in [6.45, 7) is 6.55. The molecule has 0 saturated carbocycles. The van der Waals surface area contributed by atoms with Gasteiger partial charge >= 0.3 is 17.9 Å². The molecule has 0 heterocycles. The first-order chi connectivity index (χ1) is 38.0. The molecule has 77 heavy (non-hydrogen) atoms. The third kappa shape index (κ3) is 63.6. The fourth-order valence-corrected chi connectivity index (χ4v) is 9.70. The average molecular weight is 1080 g/mol. The molecule has 0 aliphatic carbocycles. The van der Waals surface area contributed by atoms with Gasteiger partial charge in [-0.3, -0.25) is 14.4 Å². The van der Waals surface area contributed by atoms with Gasteiger partial charge in [0.15, 0.2) is 6.10 Å². The van der Waals surface area contributed by atoms with Crippen molar-refractivity contribution in [2.24, 2.45) is 0 Å². The number of allylic oxidation sites excluding steroid dienone is 12. The van der Waals surface area contributed by atoms with Crippen LogP contribution in [0.5, 0.6) is 0 Å². The van der Waals surface area contributed by atoms with E-state index >= 15 is 0 Å². The molecular weight excluding hydrogens is 949 g/mol. The topological polar surface area (TPSA) is 78.9 Å². The highest BCUT2D eigenvalue weighted by molar-refractivity contribution is 5.71. The predicted molar refractivity (Wildman–Crippen MR) is 335 cm³/mol. The Bertz CT molecular complexity index is 1420. The van der Waals surface area contributed by atoms with E-state index in [1.165, 1.54) is 199 Å². The maximum absolute atomic E-state index is 12.9. The Labute approximate surface area is 478 Å². The smallest absolute Gasteiger partial charge is 0.306 e. The van der Waals surface area contributed by atoms with Crippen molar-refractivity contribution in [3.63, 3.8) is 0 Å². The molecule has 0 aromatic carbocycles. The zero-order chi connectivity index (χ0) is 55.7. The van der Waals surface area contributed by atoms with Crippen LogP contribution in [0.15, 0.2) is 72.9 Å². The lowest BCUT2D eigenvalue weighted by Crippen LogP contribution is -2.30. The number of carbonyl (C=O) groups is 3. The molecule has 0 aromatic heterocycles. The van der Waals surface area contributed by atoms with Crippen molar-refractivity contribution in [1.82, 2.24) is 0 Å². The second kappa shape index (κ2) is 65.4. The lowest BCUT2D eigenvalue weighted by molar-refractivity contribution is -0.167. The van der Waals surface area contributed by atoms with Crippen molar-refractivity contribution in [2.45, 2.75) is 348 Å². The van der Waals surface area contributed by atoms with Crippen LogP contribution in [0, 0.1) is 0 Å². The van der Waals surface area contributed by atoms with Gasteiger partial charge in [0.1, 0.15) is 13.2 Å². The van der Waals surface area contributed by atoms with Crippen LogP contribution in [-0.2, 0) is 28.6 Å². The lowest BCUT2D eigenvalue weighted by Gasteiger charge is -2.18. The molecule has 0 aliphatic heterocycles. The number of hydrogen-bond donors (Lipinski definition) is 0. The van der Waals surface area contributed by atoms with Gasteiger partial charge in [-0.05, 0) is 89.9 Å². The summed E-state index contributed by atoms with van der Waals surface area (Å²) in [5.41, 5.74) is 0. The lowest BCUT2D eigenvalue weighted by atomic mass is 10.0. The molecule has 0 spiro atoms. The zero-order valence-electron chi connectivity index (χ0n) is 51.2. The van der Waals surface area contributed by atoms with E-state index in [-0.39, 0.29) is 31.1 Å². The quantitative estimate of drug-likeness (QED) is 0.0261. The summed E-state index contributed by atoms with van der Waals surface area (Å²) in [6, 6.07) is 0. The first-order valence-electron chi connectivity index (χ1n) is 33.4. The van der Waals surface area contributed by atoms with Gasteiger partial charge < -0.3 is 14.2 Å². The van der Waals surface area contributed by atoms with Crippen LogP contribution in [0.4, 0.5) is 0 Å².